The molecule has 3 nitrogen and oxygen atoms in total. The third-order valence-corrected chi connectivity index (χ3v) is 2.81. The molecule has 0 N–H and O–H groups in total. The van der Waals surface area contributed by atoms with Gasteiger partial charge < -0.3 is 9.78 Å². The normalized spacial score (nSPS) is 13.5. The molecular weight excluding hydrogens is 407 g/mol. The average Bonchev–Trinajstić information content (AvgIpc) is 2.77. The van der Waals surface area contributed by atoms with Crippen LogP contribution >= 0.6 is 0 Å². The summed E-state index contributed by atoms with van der Waals surface area (Å²) < 4.78 is 0. The molecule has 4 heteroatoms. The number of rotatable bonds is 3. The van der Waals surface area contributed by atoms with E-state index in [1.807, 2.05) is 18.2 Å². The van der Waals surface area contributed by atoms with Crippen LogP contribution in [0, 0.1) is 13.8 Å². The number of hydrogen-bond donors (Lipinski definition) is 0. The summed E-state index contributed by atoms with van der Waals surface area (Å²) in [6, 6.07) is 1.75. The van der Waals surface area contributed by atoms with Crippen LogP contribution in [0.2, 0.25) is 0 Å². The second-order valence-corrected chi connectivity index (χ2v) is 4.33. The van der Waals surface area contributed by atoms with Crippen molar-refractivity contribution in [2.75, 3.05) is 0 Å². The predicted molar refractivity (Wildman–Crippen MR) is 70.8 cm³/mol. The average molecular weight is 421 g/mol. The molecule has 0 saturated heterocycles. The molecule has 0 atom stereocenters. The zero-order valence-electron chi connectivity index (χ0n) is 10.9. The van der Waals surface area contributed by atoms with E-state index in [-0.39, 0.29) is 33.7 Å². The van der Waals surface area contributed by atoms with E-state index in [1.165, 1.54) is 6.08 Å². The molecule has 1 aliphatic rings. The minimum Gasteiger partial charge on any atom is -0.626 e. The van der Waals surface area contributed by atoms with E-state index in [0.717, 1.165) is 12.0 Å². The first kappa shape index (κ1) is 15.6. The first-order valence-electron chi connectivity index (χ1n) is 5.81. The quantitative estimate of drug-likeness (QED) is 0.556. The molecule has 1 aromatic rings. The van der Waals surface area contributed by atoms with Gasteiger partial charge in [0.05, 0.1) is 5.56 Å². The summed E-state index contributed by atoms with van der Waals surface area (Å²) in [6.07, 6.45) is 9.94. The Kier molecular flexibility index (Phi) is 5.48. The molecule has 19 heavy (non-hydrogen) atoms. The number of ketones is 1. The molecule has 0 saturated carbocycles. The maximum Gasteiger partial charge on any atom is 0.188 e. The number of aromatic nitrogens is 1. The molecule has 0 aliphatic heterocycles. The van der Waals surface area contributed by atoms with Crippen LogP contribution in [-0.4, -0.2) is 5.78 Å². The summed E-state index contributed by atoms with van der Waals surface area (Å²) in [5, 5.41) is 0. The molecule has 1 aromatic heterocycles. The molecule has 0 bridgehead atoms. The predicted octanol–water partition coefficient (Wildman–Crippen LogP) is 2.24. The zero-order valence-corrected chi connectivity index (χ0v) is 14.1. The van der Waals surface area contributed by atoms with E-state index in [0.29, 0.717) is 11.3 Å². The second kappa shape index (κ2) is 6.66. The molecule has 97 valence electrons. The SMILES string of the molecule is Cc1cc(C)c(C(=O)/C=C/C2=CC=CC2)c(=O)[n-]1.[Ta]. The van der Waals surface area contributed by atoms with Crippen molar-refractivity contribution in [2.45, 2.75) is 20.3 Å². The summed E-state index contributed by atoms with van der Waals surface area (Å²) in [4.78, 5) is 27.5. The molecule has 0 amide bonds. The van der Waals surface area contributed by atoms with Gasteiger partial charge in [-0.1, -0.05) is 37.3 Å². The van der Waals surface area contributed by atoms with Gasteiger partial charge in [-0.15, -0.1) is 0 Å². The number of aryl methyl sites for hydroxylation is 2. The topological polar surface area (TPSA) is 48.2 Å². The number of carbonyl (C=O) groups is 1. The van der Waals surface area contributed by atoms with E-state index in [2.05, 4.69) is 4.98 Å². The van der Waals surface area contributed by atoms with Gasteiger partial charge in [-0.25, -0.2) is 0 Å². The number of nitrogens with zero attached hydrogens (tertiary/aromatic N) is 1. The Hall–Kier alpha value is -1.42. The molecular formula is C15H14NO2Ta-. The van der Waals surface area contributed by atoms with Crippen LogP contribution in [0.1, 0.15) is 28.0 Å². The molecule has 2 rings (SSSR count). The Morgan fingerprint density at radius 1 is 1.37 bits per heavy atom. The number of carbonyl (C=O) groups excluding carboxylic acids is 1. The van der Waals surface area contributed by atoms with Crippen LogP contribution in [0.15, 0.2) is 46.8 Å². The monoisotopic (exact) mass is 421 g/mol. The third kappa shape index (κ3) is 3.77. The van der Waals surface area contributed by atoms with Crippen molar-refractivity contribution in [3.05, 3.63) is 69.2 Å². The molecule has 0 spiro atoms. The molecule has 1 heterocycles. The van der Waals surface area contributed by atoms with Crippen molar-refractivity contribution in [1.82, 2.24) is 4.98 Å². The van der Waals surface area contributed by atoms with Crippen molar-refractivity contribution in [2.24, 2.45) is 0 Å². The Bertz CT molecular complexity index is 636. The van der Waals surface area contributed by atoms with Gasteiger partial charge in [0.2, 0.25) is 0 Å². The van der Waals surface area contributed by atoms with Gasteiger partial charge in [-0.2, -0.15) is 5.69 Å². The molecule has 0 unspecified atom stereocenters. The molecule has 0 aromatic carbocycles. The molecule has 0 fully saturated rings. The van der Waals surface area contributed by atoms with Crippen LogP contribution in [0.3, 0.4) is 0 Å². The Morgan fingerprint density at radius 3 is 2.68 bits per heavy atom. The maximum absolute atomic E-state index is 12.0. The summed E-state index contributed by atoms with van der Waals surface area (Å²) in [6.45, 7) is 3.50. The minimum absolute atomic E-state index is 0. The van der Waals surface area contributed by atoms with E-state index in [9.17, 15) is 9.59 Å². The Balaban J connectivity index is 0.00000180. The summed E-state index contributed by atoms with van der Waals surface area (Å²) >= 11 is 0. The van der Waals surface area contributed by atoms with E-state index in [1.54, 1.807) is 26.0 Å². The van der Waals surface area contributed by atoms with Crippen LogP contribution in [-0.2, 0) is 22.4 Å². The van der Waals surface area contributed by atoms with E-state index >= 15 is 0 Å². The van der Waals surface area contributed by atoms with Gasteiger partial charge in [0.1, 0.15) is 0 Å². The number of allylic oxidation sites excluding steroid dienone is 6. The summed E-state index contributed by atoms with van der Waals surface area (Å²) in [7, 11) is 0. The van der Waals surface area contributed by atoms with Crippen molar-refractivity contribution in [3.8, 4) is 0 Å². The van der Waals surface area contributed by atoms with Gasteiger partial charge in [0.15, 0.2) is 5.78 Å². The van der Waals surface area contributed by atoms with E-state index in [4.69, 9.17) is 0 Å². The van der Waals surface area contributed by atoms with Gasteiger partial charge in [0.25, 0.3) is 0 Å². The maximum atomic E-state index is 12.0. The number of hydrogen-bond acceptors (Lipinski definition) is 2. The van der Waals surface area contributed by atoms with Crippen molar-refractivity contribution in [3.63, 3.8) is 0 Å². The van der Waals surface area contributed by atoms with Crippen molar-refractivity contribution < 1.29 is 27.2 Å². The van der Waals surface area contributed by atoms with Gasteiger partial charge in [-0.05, 0) is 30.6 Å². The second-order valence-electron chi connectivity index (χ2n) is 4.33. The smallest absolute Gasteiger partial charge is 0.188 e. The van der Waals surface area contributed by atoms with Crippen LogP contribution in [0.4, 0.5) is 0 Å². The fourth-order valence-electron chi connectivity index (χ4n) is 1.96. The van der Waals surface area contributed by atoms with Crippen molar-refractivity contribution in [1.29, 1.82) is 0 Å². The molecule has 1 aliphatic carbocycles. The van der Waals surface area contributed by atoms with Crippen LogP contribution < -0.4 is 10.5 Å². The fourth-order valence-corrected chi connectivity index (χ4v) is 1.96. The Morgan fingerprint density at radius 2 is 2.11 bits per heavy atom. The van der Waals surface area contributed by atoms with E-state index < -0.39 is 5.56 Å². The largest absolute Gasteiger partial charge is 0.626 e. The van der Waals surface area contributed by atoms with Gasteiger partial charge in [0, 0.05) is 27.9 Å². The number of pyridine rings is 1. The standard InChI is InChI=1S/C15H15NO2.Ta/c1-10-9-11(2)16-15(18)14(10)13(17)8-7-12-5-3-4-6-12;/h3-5,7-9H,6H2,1-2H3,(H,16,17,18);/p-1/b8-7+;. The zero-order chi connectivity index (χ0) is 13.1. The van der Waals surface area contributed by atoms with Crippen LogP contribution in [0.25, 0.3) is 0 Å². The van der Waals surface area contributed by atoms with Crippen LogP contribution in [0.5, 0.6) is 0 Å². The third-order valence-electron chi connectivity index (χ3n) is 2.81. The summed E-state index contributed by atoms with van der Waals surface area (Å²) in [5.41, 5.74) is 2.11. The minimum atomic E-state index is -0.444. The summed E-state index contributed by atoms with van der Waals surface area (Å²) in [5.74, 6) is -0.280. The first-order chi connectivity index (χ1) is 8.58. The molecule has 1 radical (unpaired) electrons. The van der Waals surface area contributed by atoms with Gasteiger partial charge in [-0.3, -0.25) is 4.79 Å². The fraction of sp³-hybridized carbons (Fsp3) is 0.200. The van der Waals surface area contributed by atoms with Crippen molar-refractivity contribution >= 4 is 5.78 Å². The first-order valence-corrected chi connectivity index (χ1v) is 5.81. The van der Waals surface area contributed by atoms with Gasteiger partial charge >= 0.3 is 0 Å². The Labute approximate surface area is 127 Å².